The van der Waals surface area contributed by atoms with Gasteiger partial charge in [-0.25, -0.2) is 0 Å². The van der Waals surface area contributed by atoms with E-state index >= 15 is 0 Å². The highest BCUT2D eigenvalue weighted by atomic mass is 35.5. The topological polar surface area (TPSA) is 98.2 Å². The first kappa shape index (κ1) is 27.9. The number of rotatable bonds is 15. The first-order chi connectivity index (χ1) is 9.72. The van der Waals surface area contributed by atoms with Crippen molar-refractivity contribution in [2.75, 3.05) is 24.6 Å². The molecule has 0 radical (unpaired) electrons. The molecule has 8 heteroatoms. The normalized spacial score (nSPS) is 13.1. The molecule has 4 nitrogen and oxygen atoms in total. The van der Waals surface area contributed by atoms with Gasteiger partial charge in [0.05, 0.1) is 0 Å². The third kappa shape index (κ3) is 19.2. The second-order valence-electron chi connectivity index (χ2n) is 5.13. The molecule has 4 N–H and O–H groups in total. The number of halogens is 2. The fourth-order valence-electron chi connectivity index (χ4n) is 2.06. The van der Waals surface area contributed by atoms with Crippen molar-refractivity contribution in [2.24, 2.45) is 11.5 Å². The molecule has 0 amide bonds. The van der Waals surface area contributed by atoms with Crippen LogP contribution in [0.1, 0.15) is 64.2 Å². The van der Waals surface area contributed by atoms with Crippen molar-refractivity contribution in [1.29, 1.82) is 0 Å². The Morgan fingerprint density at radius 1 is 0.500 bits per heavy atom. The van der Waals surface area contributed by atoms with Gasteiger partial charge in [0.2, 0.25) is 0 Å². The number of hydrogen-bond donors (Lipinski definition) is 2. The molecule has 0 aromatic rings. The zero-order chi connectivity index (χ0) is 15.1. The van der Waals surface area contributed by atoms with E-state index in [1.54, 1.807) is 0 Å². The van der Waals surface area contributed by atoms with Crippen LogP contribution in [0, 0.1) is 0 Å². The fourth-order valence-corrected chi connectivity index (χ4v) is 4.82. The minimum absolute atomic E-state index is 0. The molecule has 0 aromatic carbocycles. The van der Waals surface area contributed by atoms with E-state index in [1.807, 2.05) is 0 Å². The Balaban J connectivity index is -0.00000180. The van der Waals surface area contributed by atoms with E-state index in [9.17, 15) is 9.11 Å². The third-order valence-electron chi connectivity index (χ3n) is 3.26. The zero-order valence-electron chi connectivity index (χ0n) is 13.5. The first-order valence-electron chi connectivity index (χ1n) is 7.89. The summed E-state index contributed by atoms with van der Waals surface area (Å²) < 4.78 is 22.9. The standard InChI is InChI=1S/C14H32N2O2S2.2ClH/c15-11-9-7-5-3-1-2-4-6-8-10-13-19(17)20(18)14-12-16;;/h1-16H2;2*1H. The lowest BCUT2D eigenvalue weighted by atomic mass is 10.1. The predicted molar refractivity (Wildman–Crippen MR) is 105 cm³/mol. The number of unbranched alkanes of at least 4 members (excludes halogenated alkanes) is 9. The maximum absolute atomic E-state index is 11.5. The van der Waals surface area contributed by atoms with Crippen LogP contribution in [0.3, 0.4) is 0 Å². The van der Waals surface area contributed by atoms with E-state index in [2.05, 4.69) is 0 Å². The average molecular weight is 397 g/mol. The van der Waals surface area contributed by atoms with Gasteiger partial charge in [-0.3, -0.25) is 0 Å². The van der Waals surface area contributed by atoms with Gasteiger partial charge in [-0.05, 0) is 25.8 Å². The Morgan fingerprint density at radius 2 is 0.864 bits per heavy atom. The van der Waals surface area contributed by atoms with Gasteiger partial charge in [0.25, 0.3) is 0 Å². The van der Waals surface area contributed by atoms with Crippen molar-refractivity contribution in [3.05, 3.63) is 0 Å². The third-order valence-corrected chi connectivity index (χ3v) is 7.11. The van der Waals surface area contributed by atoms with Crippen molar-refractivity contribution in [2.45, 2.75) is 64.2 Å². The average Bonchev–Trinajstić information content (AvgIpc) is 2.44. The van der Waals surface area contributed by atoms with E-state index in [4.69, 9.17) is 11.5 Å². The summed E-state index contributed by atoms with van der Waals surface area (Å²) in [6.45, 7) is 1.17. The SMILES string of the molecule is Cl.Cl.NCCCCCCCCCCCC[S+]([O-])[S+]([O-])CCN. The molecular weight excluding hydrogens is 363 g/mol. The molecular formula is C14H34Cl2N2O2S2. The van der Waals surface area contributed by atoms with Crippen LogP contribution < -0.4 is 11.5 Å². The molecule has 2 atom stereocenters. The van der Waals surface area contributed by atoms with Gasteiger partial charge < -0.3 is 20.6 Å². The fraction of sp³-hybridized carbons (Fsp3) is 1.00. The van der Waals surface area contributed by atoms with Crippen LogP contribution in [0.15, 0.2) is 0 Å². The Bertz CT molecular complexity index is 210. The van der Waals surface area contributed by atoms with Gasteiger partial charge >= 0.3 is 0 Å². The van der Waals surface area contributed by atoms with Crippen molar-refractivity contribution in [1.82, 2.24) is 0 Å². The van der Waals surface area contributed by atoms with Gasteiger partial charge in [-0.1, -0.05) is 44.9 Å². The smallest absolute Gasteiger partial charge is 0.171 e. The highest BCUT2D eigenvalue weighted by Crippen LogP contribution is 2.12. The van der Waals surface area contributed by atoms with Crippen molar-refractivity contribution < 1.29 is 9.11 Å². The molecule has 2 unspecified atom stereocenters. The largest absolute Gasteiger partial charge is 0.571 e. The summed E-state index contributed by atoms with van der Waals surface area (Å²) in [5, 5.41) is 0. The second-order valence-corrected chi connectivity index (χ2v) is 9.39. The van der Waals surface area contributed by atoms with Crippen molar-refractivity contribution in [3.8, 4) is 0 Å². The second kappa shape index (κ2) is 22.1. The van der Waals surface area contributed by atoms with Crippen LogP contribution in [0.4, 0.5) is 0 Å². The Hall–Kier alpha value is 1.12. The Labute approximate surface area is 154 Å². The molecule has 0 aliphatic carbocycles. The molecule has 22 heavy (non-hydrogen) atoms. The maximum atomic E-state index is 11.5. The minimum Gasteiger partial charge on any atom is -0.571 e. The highest BCUT2D eigenvalue weighted by Gasteiger charge is 2.22. The van der Waals surface area contributed by atoms with Crippen LogP contribution in [0.25, 0.3) is 0 Å². The van der Waals surface area contributed by atoms with Crippen LogP contribution in [-0.4, -0.2) is 33.7 Å². The molecule has 0 saturated carbocycles. The van der Waals surface area contributed by atoms with Crippen LogP contribution in [0.2, 0.25) is 0 Å². The molecule has 0 fully saturated rings. The lowest BCUT2D eigenvalue weighted by molar-refractivity contribution is 0.554. The van der Waals surface area contributed by atoms with Gasteiger partial charge in [0, 0.05) is 6.54 Å². The molecule has 0 spiro atoms. The van der Waals surface area contributed by atoms with E-state index in [0.717, 1.165) is 25.8 Å². The van der Waals surface area contributed by atoms with Gasteiger partial charge in [0.15, 0.2) is 31.9 Å². The quantitative estimate of drug-likeness (QED) is 0.252. The van der Waals surface area contributed by atoms with E-state index in [-0.39, 0.29) is 24.8 Å². The monoisotopic (exact) mass is 396 g/mol. The molecule has 0 saturated heterocycles. The summed E-state index contributed by atoms with van der Waals surface area (Å²) >= 11 is 0. The van der Waals surface area contributed by atoms with Crippen LogP contribution >= 0.6 is 24.8 Å². The molecule has 0 aliphatic heterocycles. The summed E-state index contributed by atoms with van der Waals surface area (Å²) in [6.07, 6.45) is 12.1. The molecule has 0 aliphatic rings. The van der Waals surface area contributed by atoms with Crippen molar-refractivity contribution in [3.63, 3.8) is 0 Å². The summed E-state index contributed by atoms with van der Waals surface area (Å²) in [5.74, 6) is 0.919. The molecule has 0 aromatic heterocycles. The Kier molecular flexibility index (Phi) is 28.1. The minimum atomic E-state index is -1.24. The highest BCUT2D eigenvalue weighted by molar-refractivity contribution is 8.67. The van der Waals surface area contributed by atoms with Gasteiger partial charge in [-0.15, -0.1) is 24.8 Å². The summed E-state index contributed by atoms with van der Waals surface area (Å²) in [5.41, 5.74) is 10.7. The van der Waals surface area contributed by atoms with E-state index in [0.29, 0.717) is 18.1 Å². The van der Waals surface area contributed by atoms with Crippen LogP contribution in [0.5, 0.6) is 0 Å². The van der Waals surface area contributed by atoms with Crippen LogP contribution in [-0.2, 0) is 20.4 Å². The number of nitrogens with two attached hydrogens (primary N) is 2. The predicted octanol–water partition coefficient (Wildman–Crippen LogP) is 3.06. The molecule has 0 bridgehead atoms. The van der Waals surface area contributed by atoms with Gasteiger partial charge in [0.1, 0.15) is 0 Å². The lowest BCUT2D eigenvalue weighted by Gasteiger charge is -2.11. The summed E-state index contributed by atoms with van der Waals surface area (Å²) in [4.78, 5) is 0. The molecule has 0 rings (SSSR count). The lowest BCUT2D eigenvalue weighted by Crippen LogP contribution is -2.25. The van der Waals surface area contributed by atoms with E-state index in [1.165, 1.54) is 44.9 Å². The summed E-state index contributed by atoms with van der Waals surface area (Å²) in [7, 11) is -2.44. The Morgan fingerprint density at radius 3 is 1.27 bits per heavy atom. The maximum Gasteiger partial charge on any atom is 0.171 e. The number of hydrogen-bond acceptors (Lipinski definition) is 4. The van der Waals surface area contributed by atoms with E-state index < -0.39 is 20.4 Å². The first-order valence-corrected chi connectivity index (χ1v) is 11.0. The zero-order valence-corrected chi connectivity index (χ0v) is 16.8. The molecule has 0 heterocycles. The van der Waals surface area contributed by atoms with Crippen molar-refractivity contribution >= 4 is 45.2 Å². The molecule has 138 valence electrons. The van der Waals surface area contributed by atoms with Gasteiger partial charge in [-0.2, -0.15) is 0 Å². The summed E-state index contributed by atoms with van der Waals surface area (Å²) in [6, 6.07) is 0.